The molecule has 0 aliphatic rings. The van der Waals surface area contributed by atoms with E-state index in [1.54, 1.807) is 0 Å². The van der Waals surface area contributed by atoms with Gasteiger partial charge >= 0.3 is 0 Å². The molecule has 72 valence electrons. The van der Waals surface area contributed by atoms with E-state index in [0.29, 0.717) is 12.8 Å². The maximum absolute atomic E-state index is 9.20. The van der Waals surface area contributed by atoms with E-state index >= 15 is 0 Å². The Morgan fingerprint density at radius 2 is 2.17 bits per heavy atom. The molecule has 1 unspecified atom stereocenters. The van der Waals surface area contributed by atoms with E-state index in [-0.39, 0.29) is 18.4 Å². The van der Waals surface area contributed by atoms with Gasteiger partial charge in [0.05, 0.1) is 6.10 Å². The molecule has 12 heavy (non-hydrogen) atoms. The van der Waals surface area contributed by atoms with Gasteiger partial charge in [-0.2, -0.15) is 0 Å². The van der Waals surface area contributed by atoms with Crippen molar-refractivity contribution >= 4 is 17.4 Å². The Bertz CT molecular complexity index is 132. The molecule has 0 rings (SSSR count). The van der Waals surface area contributed by atoms with Crippen LogP contribution in [0.2, 0.25) is 0 Å². The Labute approximate surface area is 77.3 Å². The lowest BCUT2D eigenvalue weighted by Gasteiger charge is -2.09. The SMILES string of the molecule is NC(=S)OCC(O)CCCCO. The quantitative estimate of drug-likeness (QED) is 0.401. The molecule has 0 aliphatic carbocycles. The van der Waals surface area contributed by atoms with Crippen molar-refractivity contribution in [3.63, 3.8) is 0 Å². The second-order valence-electron chi connectivity index (χ2n) is 2.50. The standard InChI is InChI=1S/C7H15NO3S/c8-7(12)11-5-6(10)3-1-2-4-9/h6,9-10H,1-5H2,(H2,8,12). The van der Waals surface area contributed by atoms with Crippen molar-refractivity contribution in [3.8, 4) is 0 Å². The van der Waals surface area contributed by atoms with Crippen LogP contribution in [0, 0.1) is 0 Å². The lowest BCUT2D eigenvalue weighted by molar-refractivity contribution is 0.0917. The molecule has 0 amide bonds. The van der Waals surface area contributed by atoms with Crippen LogP contribution < -0.4 is 5.73 Å². The van der Waals surface area contributed by atoms with Crippen LogP contribution in [0.4, 0.5) is 0 Å². The molecular formula is C7H15NO3S. The number of aliphatic hydroxyl groups excluding tert-OH is 2. The van der Waals surface area contributed by atoms with Crippen LogP contribution >= 0.6 is 12.2 Å². The van der Waals surface area contributed by atoms with Crippen molar-refractivity contribution in [3.05, 3.63) is 0 Å². The van der Waals surface area contributed by atoms with Gasteiger partial charge in [0.15, 0.2) is 0 Å². The summed E-state index contributed by atoms with van der Waals surface area (Å²) in [5.74, 6) is 0. The zero-order valence-electron chi connectivity index (χ0n) is 6.90. The topological polar surface area (TPSA) is 75.7 Å². The molecule has 0 aromatic heterocycles. The zero-order chi connectivity index (χ0) is 9.40. The molecule has 0 radical (unpaired) electrons. The molecule has 0 aromatic carbocycles. The van der Waals surface area contributed by atoms with Crippen molar-refractivity contribution in [2.45, 2.75) is 25.4 Å². The number of thiocarbonyl (C=S) groups is 1. The van der Waals surface area contributed by atoms with Gasteiger partial charge in [0.2, 0.25) is 0 Å². The summed E-state index contributed by atoms with van der Waals surface area (Å²) in [6.07, 6.45) is 1.53. The highest BCUT2D eigenvalue weighted by Crippen LogP contribution is 2.00. The van der Waals surface area contributed by atoms with Crippen molar-refractivity contribution in [2.75, 3.05) is 13.2 Å². The van der Waals surface area contributed by atoms with E-state index in [2.05, 4.69) is 12.2 Å². The third kappa shape index (κ3) is 7.71. The summed E-state index contributed by atoms with van der Waals surface area (Å²) >= 11 is 4.45. The normalized spacial score (nSPS) is 12.5. The van der Waals surface area contributed by atoms with Gasteiger partial charge in [-0.15, -0.1) is 0 Å². The first-order valence-corrected chi connectivity index (χ1v) is 4.28. The van der Waals surface area contributed by atoms with E-state index in [4.69, 9.17) is 15.6 Å². The van der Waals surface area contributed by atoms with Crippen LogP contribution in [0.15, 0.2) is 0 Å². The van der Waals surface area contributed by atoms with Crippen LogP contribution in [-0.4, -0.2) is 34.7 Å². The van der Waals surface area contributed by atoms with Crippen molar-refractivity contribution in [1.29, 1.82) is 0 Å². The number of unbranched alkanes of at least 4 members (excludes halogenated alkanes) is 1. The lowest BCUT2D eigenvalue weighted by atomic mass is 10.2. The number of rotatable bonds is 6. The Kier molecular flexibility index (Phi) is 7.03. The fraction of sp³-hybridized carbons (Fsp3) is 0.857. The van der Waals surface area contributed by atoms with Gasteiger partial charge in [-0.25, -0.2) is 0 Å². The van der Waals surface area contributed by atoms with E-state index < -0.39 is 6.10 Å². The van der Waals surface area contributed by atoms with Crippen LogP contribution in [0.25, 0.3) is 0 Å². The second kappa shape index (κ2) is 7.27. The predicted molar refractivity (Wildman–Crippen MR) is 49.7 cm³/mol. The third-order valence-corrected chi connectivity index (χ3v) is 1.48. The zero-order valence-corrected chi connectivity index (χ0v) is 7.72. The minimum absolute atomic E-state index is 0.0452. The van der Waals surface area contributed by atoms with Gasteiger partial charge in [0.25, 0.3) is 5.17 Å². The molecule has 1 atom stereocenters. The Balaban J connectivity index is 3.21. The Morgan fingerprint density at radius 3 is 2.67 bits per heavy atom. The molecule has 0 heterocycles. The Morgan fingerprint density at radius 1 is 1.50 bits per heavy atom. The van der Waals surface area contributed by atoms with E-state index in [1.165, 1.54) is 0 Å². The molecule has 0 spiro atoms. The van der Waals surface area contributed by atoms with Crippen LogP contribution in [0.3, 0.4) is 0 Å². The molecule has 5 heteroatoms. The molecule has 4 nitrogen and oxygen atoms in total. The van der Waals surface area contributed by atoms with E-state index in [1.807, 2.05) is 0 Å². The lowest BCUT2D eigenvalue weighted by Crippen LogP contribution is -2.21. The first-order chi connectivity index (χ1) is 5.66. The molecule has 4 N–H and O–H groups in total. The van der Waals surface area contributed by atoms with Crippen molar-refractivity contribution in [1.82, 2.24) is 0 Å². The van der Waals surface area contributed by atoms with Gasteiger partial charge in [0.1, 0.15) is 6.61 Å². The molecule has 0 saturated carbocycles. The fourth-order valence-electron chi connectivity index (χ4n) is 0.753. The summed E-state index contributed by atoms with van der Waals surface area (Å²) in [7, 11) is 0. The highest BCUT2D eigenvalue weighted by molar-refractivity contribution is 7.80. The molecule has 0 fully saturated rings. The summed E-state index contributed by atoms with van der Waals surface area (Å²) in [5.41, 5.74) is 5.05. The largest absolute Gasteiger partial charge is 0.468 e. The van der Waals surface area contributed by atoms with Gasteiger partial charge in [-0.1, -0.05) is 0 Å². The summed E-state index contributed by atoms with van der Waals surface area (Å²) in [4.78, 5) is 0. The van der Waals surface area contributed by atoms with Gasteiger partial charge < -0.3 is 20.7 Å². The predicted octanol–water partition coefficient (Wildman–Crippen LogP) is -0.230. The second-order valence-corrected chi connectivity index (χ2v) is 2.91. The first kappa shape index (κ1) is 11.6. The molecular weight excluding hydrogens is 178 g/mol. The molecule has 0 saturated heterocycles. The third-order valence-electron chi connectivity index (χ3n) is 1.36. The highest BCUT2D eigenvalue weighted by Gasteiger charge is 2.04. The molecule has 0 bridgehead atoms. The van der Waals surface area contributed by atoms with Crippen LogP contribution in [-0.2, 0) is 4.74 Å². The fourth-order valence-corrected chi connectivity index (χ4v) is 0.821. The van der Waals surface area contributed by atoms with Gasteiger partial charge in [-0.05, 0) is 31.5 Å². The van der Waals surface area contributed by atoms with E-state index in [0.717, 1.165) is 6.42 Å². The average molecular weight is 193 g/mol. The number of ether oxygens (including phenoxy) is 1. The molecule has 0 aliphatic heterocycles. The summed E-state index contributed by atoms with van der Waals surface area (Å²) in [5, 5.41) is 17.6. The first-order valence-electron chi connectivity index (χ1n) is 3.88. The Hall–Kier alpha value is -0.390. The van der Waals surface area contributed by atoms with Crippen LogP contribution in [0.5, 0.6) is 0 Å². The number of aliphatic hydroxyl groups is 2. The summed E-state index contributed by atoms with van der Waals surface area (Å²) in [6.45, 7) is 0.295. The number of hydrogen-bond donors (Lipinski definition) is 3. The highest BCUT2D eigenvalue weighted by atomic mass is 32.1. The molecule has 0 aromatic rings. The summed E-state index contributed by atoms with van der Waals surface area (Å²) in [6, 6.07) is 0. The number of hydrogen-bond acceptors (Lipinski definition) is 4. The summed E-state index contributed by atoms with van der Waals surface area (Å²) < 4.78 is 4.73. The van der Waals surface area contributed by atoms with Gasteiger partial charge in [0, 0.05) is 6.61 Å². The van der Waals surface area contributed by atoms with Crippen molar-refractivity contribution in [2.24, 2.45) is 5.73 Å². The minimum atomic E-state index is -0.543. The maximum atomic E-state index is 9.20. The average Bonchev–Trinajstić information content (AvgIpc) is 2.01. The minimum Gasteiger partial charge on any atom is -0.468 e. The van der Waals surface area contributed by atoms with Crippen molar-refractivity contribution < 1.29 is 14.9 Å². The van der Waals surface area contributed by atoms with Gasteiger partial charge in [-0.3, -0.25) is 0 Å². The monoisotopic (exact) mass is 193 g/mol. The van der Waals surface area contributed by atoms with Crippen LogP contribution in [0.1, 0.15) is 19.3 Å². The van der Waals surface area contributed by atoms with E-state index in [9.17, 15) is 5.11 Å². The number of nitrogens with two attached hydrogens (primary N) is 1. The maximum Gasteiger partial charge on any atom is 0.254 e. The smallest absolute Gasteiger partial charge is 0.254 e.